The van der Waals surface area contributed by atoms with E-state index in [4.69, 9.17) is 10.5 Å². The Kier molecular flexibility index (Phi) is 5.86. The van der Waals surface area contributed by atoms with Crippen LogP contribution >= 0.6 is 11.3 Å². The molecule has 0 aliphatic carbocycles. The molecule has 0 radical (unpaired) electrons. The Bertz CT molecular complexity index is 636. The molecule has 0 aliphatic heterocycles. The molecule has 3 heteroatoms. The Morgan fingerprint density at radius 1 is 1.29 bits per heavy atom. The summed E-state index contributed by atoms with van der Waals surface area (Å²) in [6.07, 6.45) is 1.10. The smallest absolute Gasteiger partial charge is 0.124 e. The average Bonchev–Trinajstić information content (AvgIpc) is 2.97. The zero-order valence-electron chi connectivity index (χ0n) is 12.6. The standard InChI is InChI=1S/C18H21NOS/c1-3-14(2)16-8-4-5-9-17(16)20-13-18-15(7-6-11-19)10-12-21-18/h4-5,8-10,12,14H,3,11,13,19H2,1-2H3. The first-order valence-corrected chi connectivity index (χ1v) is 8.11. The lowest BCUT2D eigenvalue weighted by Crippen LogP contribution is -2.01. The highest BCUT2D eigenvalue weighted by Gasteiger charge is 2.10. The van der Waals surface area contributed by atoms with Crippen LogP contribution in [0.1, 0.15) is 42.2 Å². The fraction of sp³-hybridized carbons (Fsp3) is 0.333. The highest BCUT2D eigenvalue weighted by molar-refractivity contribution is 7.10. The minimum Gasteiger partial charge on any atom is -0.488 e. The third kappa shape index (κ3) is 4.10. The molecule has 21 heavy (non-hydrogen) atoms. The molecule has 1 atom stereocenters. The Labute approximate surface area is 131 Å². The van der Waals surface area contributed by atoms with Gasteiger partial charge in [-0.2, -0.15) is 0 Å². The van der Waals surface area contributed by atoms with Crippen LogP contribution in [0.25, 0.3) is 0 Å². The maximum Gasteiger partial charge on any atom is 0.124 e. The maximum atomic E-state index is 6.04. The topological polar surface area (TPSA) is 35.2 Å². The monoisotopic (exact) mass is 299 g/mol. The van der Waals surface area contributed by atoms with Gasteiger partial charge in [-0.1, -0.05) is 43.9 Å². The molecule has 0 amide bonds. The van der Waals surface area contributed by atoms with Crippen molar-refractivity contribution in [2.24, 2.45) is 5.73 Å². The quantitative estimate of drug-likeness (QED) is 0.842. The molecular weight excluding hydrogens is 278 g/mol. The minimum atomic E-state index is 0.382. The molecule has 110 valence electrons. The van der Waals surface area contributed by atoms with Crippen LogP contribution in [0.2, 0.25) is 0 Å². The Hall–Kier alpha value is -1.76. The second kappa shape index (κ2) is 7.87. The van der Waals surface area contributed by atoms with Crippen molar-refractivity contribution in [3.8, 4) is 17.6 Å². The molecule has 0 bridgehead atoms. The molecule has 1 unspecified atom stereocenters. The molecule has 0 saturated heterocycles. The van der Waals surface area contributed by atoms with E-state index in [1.54, 1.807) is 11.3 Å². The molecule has 1 heterocycles. The zero-order chi connectivity index (χ0) is 15.1. The molecule has 1 aromatic heterocycles. The summed E-state index contributed by atoms with van der Waals surface area (Å²) in [5.74, 6) is 7.46. The van der Waals surface area contributed by atoms with Crippen LogP contribution in [0.4, 0.5) is 0 Å². The van der Waals surface area contributed by atoms with E-state index in [1.165, 1.54) is 5.56 Å². The molecule has 2 nitrogen and oxygen atoms in total. The average molecular weight is 299 g/mol. The van der Waals surface area contributed by atoms with Gasteiger partial charge in [0.05, 0.1) is 11.4 Å². The van der Waals surface area contributed by atoms with E-state index in [1.807, 2.05) is 23.6 Å². The minimum absolute atomic E-state index is 0.382. The van der Waals surface area contributed by atoms with Gasteiger partial charge in [0.25, 0.3) is 0 Å². The molecule has 0 aliphatic rings. The van der Waals surface area contributed by atoms with Gasteiger partial charge in [0, 0.05) is 5.56 Å². The summed E-state index contributed by atoms with van der Waals surface area (Å²) < 4.78 is 6.04. The molecule has 2 N–H and O–H groups in total. The summed E-state index contributed by atoms with van der Waals surface area (Å²) in [7, 11) is 0. The van der Waals surface area contributed by atoms with Gasteiger partial charge >= 0.3 is 0 Å². The number of nitrogens with two attached hydrogens (primary N) is 1. The van der Waals surface area contributed by atoms with Crippen molar-refractivity contribution in [2.75, 3.05) is 6.54 Å². The summed E-state index contributed by atoms with van der Waals surface area (Å²) in [6, 6.07) is 10.3. The van der Waals surface area contributed by atoms with E-state index < -0.39 is 0 Å². The number of benzene rings is 1. The van der Waals surface area contributed by atoms with Crippen LogP contribution in [0.3, 0.4) is 0 Å². The largest absolute Gasteiger partial charge is 0.488 e. The number of hydrogen-bond acceptors (Lipinski definition) is 3. The summed E-state index contributed by atoms with van der Waals surface area (Å²) in [5, 5.41) is 2.04. The Balaban J connectivity index is 2.12. The van der Waals surface area contributed by atoms with E-state index in [9.17, 15) is 0 Å². The van der Waals surface area contributed by atoms with Crippen molar-refractivity contribution >= 4 is 11.3 Å². The van der Waals surface area contributed by atoms with E-state index in [2.05, 4.69) is 37.8 Å². The van der Waals surface area contributed by atoms with Crippen molar-refractivity contribution in [1.29, 1.82) is 0 Å². The summed E-state index contributed by atoms with van der Waals surface area (Å²) in [6.45, 7) is 5.36. The zero-order valence-corrected chi connectivity index (χ0v) is 13.4. The Morgan fingerprint density at radius 2 is 2.10 bits per heavy atom. The van der Waals surface area contributed by atoms with Gasteiger partial charge in [0.1, 0.15) is 12.4 Å². The Morgan fingerprint density at radius 3 is 2.86 bits per heavy atom. The lowest BCUT2D eigenvalue weighted by molar-refractivity contribution is 0.304. The molecule has 0 spiro atoms. The van der Waals surface area contributed by atoms with Gasteiger partial charge in [-0.15, -0.1) is 11.3 Å². The third-order valence-electron chi connectivity index (χ3n) is 3.49. The number of ether oxygens (including phenoxy) is 1. The molecule has 2 aromatic rings. The van der Waals surface area contributed by atoms with Crippen molar-refractivity contribution < 1.29 is 4.74 Å². The van der Waals surface area contributed by atoms with Crippen LogP contribution in [0.5, 0.6) is 5.75 Å². The molecule has 1 aromatic carbocycles. The first-order valence-electron chi connectivity index (χ1n) is 7.23. The first kappa shape index (κ1) is 15.6. The van der Waals surface area contributed by atoms with Gasteiger partial charge in [0.2, 0.25) is 0 Å². The second-order valence-electron chi connectivity index (χ2n) is 4.90. The van der Waals surface area contributed by atoms with Gasteiger partial charge in [0.15, 0.2) is 0 Å². The van der Waals surface area contributed by atoms with Crippen molar-refractivity contribution in [1.82, 2.24) is 0 Å². The van der Waals surface area contributed by atoms with Crippen molar-refractivity contribution in [2.45, 2.75) is 32.8 Å². The van der Waals surface area contributed by atoms with Crippen molar-refractivity contribution in [3.63, 3.8) is 0 Å². The molecule has 2 rings (SSSR count). The first-order chi connectivity index (χ1) is 10.3. The predicted octanol–water partition coefficient (Wildman–Crippen LogP) is 4.15. The second-order valence-corrected chi connectivity index (χ2v) is 5.90. The van der Waals surface area contributed by atoms with Crippen LogP contribution in [0.15, 0.2) is 35.7 Å². The van der Waals surface area contributed by atoms with Crippen LogP contribution < -0.4 is 10.5 Å². The van der Waals surface area contributed by atoms with E-state index >= 15 is 0 Å². The van der Waals surface area contributed by atoms with E-state index in [-0.39, 0.29) is 0 Å². The van der Waals surface area contributed by atoms with Crippen LogP contribution in [0, 0.1) is 11.8 Å². The van der Waals surface area contributed by atoms with Gasteiger partial charge < -0.3 is 10.5 Å². The van der Waals surface area contributed by atoms with E-state index in [0.717, 1.165) is 22.6 Å². The van der Waals surface area contributed by atoms with Gasteiger partial charge in [-0.3, -0.25) is 0 Å². The number of hydrogen-bond donors (Lipinski definition) is 1. The predicted molar refractivity (Wildman–Crippen MR) is 89.7 cm³/mol. The normalized spacial score (nSPS) is 11.6. The molecular formula is C18H21NOS. The van der Waals surface area contributed by atoms with E-state index in [0.29, 0.717) is 19.1 Å². The van der Waals surface area contributed by atoms with Crippen LogP contribution in [-0.2, 0) is 6.61 Å². The SMILES string of the molecule is CCC(C)c1ccccc1OCc1sccc1C#CCN. The summed E-state index contributed by atoms with van der Waals surface area (Å²) in [4.78, 5) is 1.15. The third-order valence-corrected chi connectivity index (χ3v) is 4.39. The van der Waals surface area contributed by atoms with Crippen LogP contribution in [-0.4, -0.2) is 6.54 Å². The number of para-hydroxylation sites is 1. The molecule has 0 saturated carbocycles. The van der Waals surface area contributed by atoms with Gasteiger partial charge in [-0.25, -0.2) is 0 Å². The maximum absolute atomic E-state index is 6.04. The fourth-order valence-corrected chi connectivity index (χ4v) is 2.83. The van der Waals surface area contributed by atoms with Crippen molar-refractivity contribution in [3.05, 3.63) is 51.7 Å². The number of thiophene rings is 1. The molecule has 0 fully saturated rings. The highest BCUT2D eigenvalue weighted by Crippen LogP contribution is 2.29. The number of rotatable bonds is 5. The lowest BCUT2D eigenvalue weighted by atomic mass is 9.98. The summed E-state index contributed by atoms with van der Waals surface area (Å²) >= 11 is 1.67. The fourth-order valence-electron chi connectivity index (χ4n) is 2.09. The lowest BCUT2D eigenvalue weighted by Gasteiger charge is -2.15. The summed E-state index contributed by atoms with van der Waals surface area (Å²) in [5.41, 5.74) is 7.72. The highest BCUT2D eigenvalue weighted by atomic mass is 32.1. The van der Waals surface area contributed by atoms with Gasteiger partial charge in [-0.05, 0) is 35.4 Å².